The van der Waals surface area contributed by atoms with Gasteiger partial charge in [-0.25, -0.2) is 0 Å². The highest BCUT2D eigenvalue weighted by atomic mass is 79.9. The third kappa shape index (κ3) is 8.18. The average molecular weight is 428 g/mol. The second-order valence-corrected chi connectivity index (χ2v) is 8.46. The van der Waals surface area contributed by atoms with Gasteiger partial charge in [-0.3, -0.25) is 0 Å². The summed E-state index contributed by atoms with van der Waals surface area (Å²) in [6.45, 7) is 6.31. The molecule has 0 unspecified atom stereocenters. The lowest BCUT2D eigenvalue weighted by atomic mass is 9.90. The van der Waals surface area contributed by atoms with Crippen molar-refractivity contribution in [2.45, 2.75) is 42.6 Å². The molecule has 8 heteroatoms. The summed E-state index contributed by atoms with van der Waals surface area (Å²) in [6.07, 6.45) is 0. The second-order valence-electron chi connectivity index (χ2n) is 5.40. The first-order chi connectivity index (χ1) is 9.36. The number of rotatable bonds is 4. The van der Waals surface area contributed by atoms with Crippen LogP contribution in [0, 0.1) is 0 Å². The van der Waals surface area contributed by atoms with E-state index in [-0.39, 0.29) is 3.74 Å². The molecule has 0 saturated heterocycles. The summed E-state index contributed by atoms with van der Waals surface area (Å²) in [5, 5.41) is 35.4. The molecule has 0 saturated carbocycles. The van der Waals surface area contributed by atoms with E-state index in [2.05, 4.69) is 31.9 Å². The molecule has 0 aliphatic heterocycles. The van der Waals surface area contributed by atoms with Gasteiger partial charge >= 0.3 is 7.32 Å². The maximum absolute atomic E-state index is 9.10. The van der Waals surface area contributed by atoms with Crippen LogP contribution in [0.3, 0.4) is 0 Å². The largest absolute Gasteiger partial charge is 0.707 e. The van der Waals surface area contributed by atoms with Crippen LogP contribution in [0.5, 0.6) is 5.75 Å². The highest BCUT2D eigenvalue weighted by Gasteiger charge is 2.31. The third-order valence-electron chi connectivity index (χ3n) is 2.88. The fourth-order valence-electron chi connectivity index (χ4n) is 0.882. The van der Waals surface area contributed by atoms with E-state index in [4.69, 9.17) is 24.9 Å². The Kier molecular flexibility index (Phi) is 8.45. The molecule has 0 radical (unpaired) electrons. The molecular formula is C13H21BBr2O5. The van der Waals surface area contributed by atoms with E-state index in [1.807, 2.05) is 12.1 Å². The third-order valence-corrected chi connectivity index (χ3v) is 3.87. The van der Waals surface area contributed by atoms with Crippen molar-refractivity contribution in [3.8, 4) is 5.75 Å². The number of hydrogen-bond donors (Lipinski definition) is 4. The molecule has 1 rings (SSSR count). The van der Waals surface area contributed by atoms with E-state index in [1.54, 1.807) is 39.8 Å². The van der Waals surface area contributed by atoms with Gasteiger partial charge in [0.2, 0.25) is 0 Å². The zero-order valence-corrected chi connectivity index (χ0v) is 15.6. The minimum atomic E-state index is -1.79. The first kappa shape index (κ1) is 20.9. The Hall–Kier alpha value is -0.115. The Morgan fingerprint density at radius 3 is 1.76 bits per heavy atom. The van der Waals surface area contributed by atoms with Crippen molar-refractivity contribution < 1.29 is 24.9 Å². The van der Waals surface area contributed by atoms with Gasteiger partial charge in [0.05, 0.1) is 14.9 Å². The summed E-state index contributed by atoms with van der Waals surface area (Å²) in [5.74, 6) is 0.427. The van der Waals surface area contributed by atoms with Gasteiger partial charge in [-0.1, -0.05) is 50.1 Å². The van der Waals surface area contributed by atoms with E-state index in [0.717, 1.165) is 5.56 Å². The molecule has 1 aromatic carbocycles. The summed E-state index contributed by atoms with van der Waals surface area (Å²) in [6, 6.07) is 7.06. The SMILES string of the molecule is CC(C)(O)C(C)(C)O.OB(O)Oc1ccccc1C(Br)Br. The zero-order valence-electron chi connectivity index (χ0n) is 12.4. The molecule has 0 heterocycles. The van der Waals surface area contributed by atoms with Gasteiger partial charge in [-0.2, -0.15) is 0 Å². The van der Waals surface area contributed by atoms with Crippen LogP contribution in [-0.4, -0.2) is 38.8 Å². The van der Waals surface area contributed by atoms with Crippen LogP contribution in [0.1, 0.15) is 37.0 Å². The maximum atomic E-state index is 9.10. The lowest BCUT2D eigenvalue weighted by Gasteiger charge is -2.31. The van der Waals surface area contributed by atoms with Crippen LogP contribution in [0.25, 0.3) is 0 Å². The van der Waals surface area contributed by atoms with E-state index in [9.17, 15) is 0 Å². The Balaban J connectivity index is 0.000000433. The molecule has 0 aliphatic rings. The van der Waals surface area contributed by atoms with Gasteiger partial charge in [-0.15, -0.1) is 0 Å². The molecule has 5 nitrogen and oxygen atoms in total. The van der Waals surface area contributed by atoms with E-state index in [1.165, 1.54) is 0 Å². The fourth-order valence-corrected chi connectivity index (χ4v) is 1.64. The topological polar surface area (TPSA) is 90.2 Å². The molecule has 0 aromatic heterocycles. The second kappa shape index (κ2) is 8.50. The van der Waals surface area contributed by atoms with Crippen molar-refractivity contribution in [2.75, 3.05) is 0 Å². The fraction of sp³-hybridized carbons (Fsp3) is 0.538. The Labute approximate surface area is 142 Å². The number of alkyl halides is 2. The highest BCUT2D eigenvalue weighted by Crippen LogP contribution is 2.35. The molecule has 0 spiro atoms. The van der Waals surface area contributed by atoms with Crippen LogP contribution in [0.15, 0.2) is 24.3 Å². The first-order valence-electron chi connectivity index (χ1n) is 6.21. The molecule has 1 aromatic rings. The molecule has 120 valence electrons. The normalized spacial score (nSPS) is 11.8. The molecular weight excluding hydrogens is 407 g/mol. The van der Waals surface area contributed by atoms with Gasteiger partial charge in [0.1, 0.15) is 5.75 Å². The predicted molar refractivity (Wildman–Crippen MR) is 90.5 cm³/mol. The van der Waals surface area contributed by atoms with Crippen molar-refractivity contribution in [1.82, 2.24) is 0 Å². The molecule has 4 N–H and O–H groups in total. The van der Waals surface area contributed by atoms with Crippen LogP contribution in [-0.2, 0) is 0 Å². The van der Waals surface area contributed by atoms with Crippen molar-refractivity contribution in [3.63, 3.8) is 0 Å². The summed E-state index contributed by atoms with van der Waals surface area (Å²) < 4.78 is 4.68. The van der Waals surface area contributed by atoms with E-state index >= 15 is 0 Å². The maximum Gasteiger partial charge on any atom is 0.707 e. The van der Waals surface area contributed by atoms with Gasteiger partial charge in [0.25, 0.3) is 0 Å². The molecule has 0 bridgehead atoms. The van der Waals surface area contributed by atoms with Crippen LogP contribution in [0.4, 0.5) is 0 Å². The van der Waals surface area contributed by atoms with Crippen LogP contribution < -0.4 is 4.65 Å². The minimum absolute atomic E-state index is 0.0741. The van der Waals surface area contributed by atoms with Gasteiger partial charge in [0, 0.05) is 5.56 Å². The molecule has 0 atom stereocenters. The van der Waals surface area contributed by atoms with Gasteiger partial charge < -0.3 is 24.9 Å². The average Bonchev–Trinajstić information content (AvgIpc) is 2.26. The summed E-state index contributed by atoms with van der Waals surface area (Å²) in [4.78, 5) is 0. The Morgan fingerprint density at radius 1 is 1.00 bits per heavy atom. The number of aliphatic hydroxyl groups is 2. The molecule has 0 aliphatic carbocycles. The van der Waals surface area contributed by atoms with Crippen molar-refractivity contribution in [1.29, 1.82) is 0 Å². The molecule has 21 heavy (non-hydrogen) atoms. The van der Waals surface area contributed by atoms with Crippen molar-refractivity contribution >= 4 is 39.2 Å². The zero-order chi connectivity index (χ0) is 16.8. The summed E-state index contributed by atoms with van der Waals surface area (Å²) in [7, 11) is -1.79. The Morgan fingerprint density at radius 2 is 1.43 bits per heavy atom. The first-order valence-corrected chi connectivity index (χ1v) is 8.04. The summed E-state index contributed by atoms with van der Waals surface area (Å²) in [5.41, 5.74) is -1.21. The smallest absolute Gasteiger partial charge is 0.512 e. The number of halogens is 2. The lowest BCUT2D eigenvalue weighted by Crippen LogP contribution is -2.44. The van der Waals surface area contributed by atoms with Crippen LogP contribution in [0.2, 0.25) is 0 Å². The molecule has 0 amide bonds. The molecule has 0 fully saturated rings. The van der Waals surface area contributed by atoms with E-state index < -0.39 is 18.5 Å². The van der Waals surface area contributed by atoms with Gasteiger partial charge in [-0.05, 0) is 33.8 Å². The number of para-hydroxylation sites is 1. The predicted octanol–water partition coefficient (Wildman–Crippen LogP) is 2.35. The summed E-state index contributed by atoms with van der Waals surface area (Å²) >= 11 is 6.59. The minimum Gasteiger partial charge on any atom is -0.512 e. The Bertz CT molecular complexity index is 415. The number of hydrogen-bond acceptors (Lipinski definition) is 5. The van der Waals surface area contributed by atoms with E-state index in [0.29, 0.717) is 5.75 Å². The van der Waals surface area contributed by atoms with Crippen molar-refractivity contribution in [2.24, 2.45) is 0 Å². The number of benzene rings is 1. The monoisotopic (exact) mass is 426 g/mol. The van der Waals surface area contributed by atoms with Crippen LogP contribution >= 0.6 is 31.9 Å². The van der Waals surface area contributed by atoms with Crippen molar-refractivity contribution in [3.05, 3.63) is 29.8 Å². The van der Waals surface area contributed by atoms with Gasteiger partial charge in [0.15, 0.2) is 0 Å². The highest BCUT2D eigenvalue weighted by molar-refractivity contribution is 9.24. The lowest BCUT2D eigenvalue weighted by molar-refractivity contribution is -0.107. The standard InChI is InChI=1S/C7H7BBr2O3.C6H14O2/c9-7(10)5-3-1-2-4-6(5)13-8(11)12;1-5(2,7)6(3,4)8/h1-4,7,11-12H;7-8H,1-4H3. The quantitative estimate of drug-likeness (QED) is 0.437.